The van der Waals surface area contributed by atoms with E-state index in [0.717, 1.165) is 23.5 Å². The van der Waals surface area contributed by atoms with Crippen molar-refractivity contribution in [1.29, 1.82) is 0 Å². The number of hydrogen-bond donors (Lipinski definition) is 2. The highest BCUT2D eigenvalue weighted by atomic mass is 16.5. The van der Waals surface area contributed by atoms with Gasteiger partial charge in [0.2, 0.25) is 0 Å². The van der Waals surface area contributed by atoms with Crippen LogP contribution in [0, 0.1) is 5.92 Å². The summed E-state index contributed by atoms with van der Waals surface area (Å²) in [5, 5.41) is 6.82. The number of ketones is 1. The average Bonchev–Trinajstić information content (AvgIpc) is 2.52. The standard InChI is InChI=1S/C19H28N2O2/c1-13-6-4-5-7-15(13)20-11-17(22)14-8-9-18-16(10-14)21-12-19(2,3)23-18/h8-10,13,15,20-21H,4-7,11-12H2,1-3H3. The Morgan fingerprint density at radius 1 is 1.35 bits per heavy atom. The molecule has 0 aromatic heterocycles. The third-order valence-corrected chi connectivity index (χ3v) is 5.03. The van der Waals surface area contributed by atoms with Gasteiger partial charge in [-0.25, -0.2) is 0 Å². The van der Waals surface area contributed by atoms with Crippen molar-refractivity contribution in [3.63, 3.8) is 0 Å². The molecule has 2 N–H and O–H groups in total. The molecular formula is C19H28N2O2. The molecule has 2 unspecified atom stereocenters. The van der Waals surface area contributed by atoms with E-state index in [-0.39, 0.29) is 11.4 Å². The number of carbonyl (C=O) groups is 1. The van der Waals surface area contributed by atoms with Gasteiger partial charge in [0.25, 0.3) is 0 Å². The van der Waals surface area contributed by atoms with Crippen molar-refractivity contribution >= 4 is 11.5 Å². The summed E-state index contributed by atoms with van der Waals surface area (Å²) in [4.78, 5) is 12.5. The number of rotatable bonds is 4. The number of hydrogen-bond acceptors (Lipinski definition) is 4. The van der Waals surface area contributed by atoms with E-state index in [0.29, 0.717) is 18.5 Å². The Hall–Kier alpha value is -1.55. The molecule has 1 aliphatic carbocycles. The summed E-state index contributed by atoms with van der Waals surface area (Å²) in [6.07, 6.45) is 5.04. The molecule has 2 aliphatic rings. The SMILES string of the molecule is CC1CCCCC1NCC(=O)c1ccc2c(c1)NCC(C)(C)O2. The molecule has 0 radical (unpaired) electrons. The van der Waals surface area contributed by atoms with E-state index in [9.17, 15) is 4.79 Å². The monoisotopic (exact) mass is 316 g/mol. The van der Waals surface area contributed by atoms with E-state index in [1.165, 1.54) is 25.7 Å². The molecule has 0 bridgehead atoms. The molecule has 1 aromatic rings. The Kier molecular flexibility index (Phi) is 4.62. The summed E-state index contributed by atoms with van der Waals surface area (Å²) in [6.45, 7) is 7.55. The van der Waals surface area contributed by atoms with Crippen molar-refractivity contribution in [1.82, 2.24) is 5.32 Å². The number of carbonyl (C=O) groups excluding carboxylic acids is 1. The van der Waals surface area contributed by atoms with Crippen LogP contribution in [0.2, 0.25) is 0 Å². The smallest absolute Gasteiger partial charge is 0.176 e. The molecule has 126 valence electrons. The first-order valence-corrected chi connectivity index (χ1v) is 8.78. The number of Topliss-reactive ketones (excluding diaryl/α,β-unsaturated/α-hetero) is 1. The van der Waals surface area contributed by atoms with Gasteiger partial charge in [0.05, 0.1) is 18.8 Å². The normalized spacial score (nSPS) is 25.9. The lowest BCUT2D eigenvalue weighted by Gasteiger charge is -2.33. The van der Waals surface area contributed by atoms with Crippen molar-refractivity contribution in [2.75, 3.05) is 18.4 Å². The predicted octanol–water partition coefficient (Wildman–Crippen LogP) is 3.62. The van der Waals surface area contributed by atoms with Gasteiger partial charge in [0.15, 0.2) is 5.78 Å². The minimum Gasteiger partial charge on any atom is -0.484 e. The Bertz CT molecular complexity index is 583. The van der Waals surface area contributed by atoms with Crippen LogP contribution >= 0.6 is 0 Å². The fraction of sp³-hybridized carbons (Fsp3) is 0.632. The summed E-state index contributed by atoms with van der Waals surface area (Å²) in [6, 6.07) is 6.17. The van der Waals surface area contributed by atoms with Gasteiger partial charge in [-0.3, -0.25) is 4.79 Å². The summed E-state index contributed by atoms with van der Waals surface area (Å²) in [5.41, 5.74) is 1.45. The molecule has 1 saturated carbocycles. The Morgan fingerprint density at radius 2 is 2.13 bits per heavy atom. The lowest BCUT2D eigenvalue weighted by molar-refractivity contribution is 0.0980. The van der Waals surface area contributed by atoms with Gasteiger partial charge in [-0.05, 0) is 50.8 Å². The van der Waals surface area contributed by atoms with E-state index in [1.807, 2.05) is 18.2 Å². The lowest BCUT2D eigenvalue weighted by Crippen LogP contribution is -2.40. The third kappa shape index (κ3) is 3.86. The van der Waals surface area contributed by atoms with Gasteiger partial charge in [0.1, 0.15) is 11.4 Å². The second-order valence-corrected chi connectivity index (χ2v) is 7.60. The van der Waals surface area contributed by atoms with E-state index in [1.54, 1.807) is 0 Å². The lowest BCUT2D eigenvalue weighted by atomic mass is 9.86. The fourth-order valence-electron chi connectivity index (χ4n) is 3.52. The fourth-order valence-corrected chi connectivity index (χ4v) is 3.52. The molecule has 4 heteroatoms. The molecular weight excluding hydrogens is 288 g/mol. The number of fused-ring (bicyclic) bond motifs is 1. The maximum Gasteiger partial charge on any atom is 0.176 e. The third-order valence-electron chi connectivity index (χ3n) is 5.03. The minimum absolute atomic E-state index is 0.150. The van der Waals surface area contributed by atoms with E-state index >= 15 is 0 Å². The Balaban J connectivity index is 1.62. The summed E-state index contributed by atoms with van der Waals surface area (Å²) in [7, 11) is 0. The number of nitrogens with one attached hydrogen (secondary N) is 2. The average molecular weight is 316 g/mol. The van der Waals surface area contributed by atoms with Gasteiger partial charge in [-0.1, -0.05) is 19.8 Å². The highest BCUT2D eigenvalue weighted by Crippen LogP contribution is 2.33. The first kappa shape index (κ1) is 16.3. The van der Waals surface area contributed by atoms with Crippen LogP contribution in [0.15, 0.2) is 18.2 Å². The molecule has 1 heterocycles. The van der Waals surface area contributed by atoms with Crippen molar-refractivity contribution in [3.05, 3.63) is 23.8 Å². The molecule has 1 fully saturated rings. The molecule has 0 amide bonds. The second kappa shape index (κ2) is 6.52. The Morgan fingerprint density at radius 3 is 2.91 bits per heavy atom. The van der Waals surface area contributed by atoms with Gasteiger partial charge in [0, 0.05) is 11.6 Å². The van der Waals surface area contributed by atoms with Crippen LogP contribution in [-0.2, 0) is 0 Å². The minimum atomic E-state index is -0.211. The first-order valence-electron chi connectivity index (χ1n) is 8.78. The molecule has 1 aliphatic heterocycles. The highest BCUT2D eigenvalue weighted by molar-refractivity contribution is 5.98. The van der Waals surface area contributed by atoms with Gasteiger partial charge in [-0.2, -0.15) is 0 Å². The summed E-state index contributed by atoms with van der Waals surface area (Å²) in [5.74, 6) is 1.64. The van der Waals surface area contributed by atoms with E-state index in [4.69, 9.17) is 4.74 Å². The van der Waals surface area contributed by atoms with Gasteiger partial charge >= 0.3 is 0 Å². The van der Waals surface area contributed by atoms with Crippen LogP contribution in [-0.4, -0.2) is 30.5 Å². The molecule has 0 spiro atoms. The summed E-state index contributed by atoms with van der Waals surface area (Å²) >= 11 is 0. The topological polar surface area (TPSA) is 50.4 Å². The van der Waals surface area contributed by atoms with E-state index in [2.05, 4.69) is 31.4 Å². The predicted molar refractivity (Wildman–Crippen MR) is 93.4 cm³/mol. The maximum atomic E-state index is 12.5. The molecule has 3 rings (SSSR count). The van der Waals surface area contributed by atoms with Crippen LogP contribution in [0.4, 0.5) is 5.69 Å². The van der Waals surface area contributed by atoms with Gasteiger partial charge < -0.3 is 15.4 Å². The zero-order chi connectivity index (χ0) is 16.4. The second-order valence-electron chi connectivity index (χ2n) is 7.60. The zero-order valence-electron chi connectivity index (χ0n) is 14.4. The van der Waals surface area contributed by atoms with Crippen molar-refractivity contribution < 1.29 is 9.53 Å². The van der Waals surface area contributed by atoms with Crippen molar-refractivity contribution in [3.8, 4) is 5.75 Å². The summed E-state index contributed by atoms with van der Waals surface area (Å²) < 4.78 is 5.93. The largest absolute Gasteiger partial charge is 0.484 e. The van der Waals surface area contributed by atoms with Crippen molar-refractivity contribution in [2.45, 2.75) is 58.1 Å². The zero-order valence-corrected chi connectivity index (χ0v) is 14.4. The van der Waals surface area contributed by atoms with Gasteiger partial charge in [-0.15, -0.1) is 0 Å². The Labute approximate surface area is 139 Å². The van der Waals surface area contributed by atoms with Crippen LogP contribution in [0.25, 0.3) is 0 Å². The number of ether oxygens (including phenoxy) is 1. The molecule has 23 heavy (non-hydrogen) atoms. The molecule has 0 saturated heterocycles. The highest BCUT2D eigenvalue weighted by Gasteiger charge is 2.27. The number of benzene rings is 1. The van der Waals surface area contributed by atoms with Crippen LogP contribution in [0.1, 0.15) is 56.8 Å². The van der Waals surface area contributed by atoms with Crippen LogP contribution in [0.3, 0.4) is 0 Å². The van der Waals surface area contributed by atoms with Crippen LogP contribution < -0.4 is 15.4 Å². The van der Waals surface area contributed by atoms with Crippen molar-refractivity contribution in [2.24, 2.45) is 5.92 Å². The number of anilines is 1. The van der Waals surface area contributed by atoms with E-state index < -0.39 is 0 Å². The molecule has 1 aromatic carbocycles. The maximum absolute atomic E-state index is 12.5. The van der Waals surface area contributed by atoms with Crippen LogP contribution in [0.5, 0.6) is 5.75 Å². The molecule has 4 nitrogen and oxygen atoms in total. The molecule has 2 atom stereocenters. The quantitative estimate of drug-likeness (QED) is 0.833. The first-order chi connectivity index (χ1) is 10.9.